The number of hydrogen-bond donors (Lipinski definition) is 1. The van der Waals surface area contributed by atoms with Crippen LogP contribution in [0.5, 0.6) is 0 Å². The molecule has 14 heavy (non-hydrogen) atoms. The topological polar surface area (TPSA) is 38.3 Å². The third-order valence-electron chi connectivity index (χ3n) is 1.83. The largest absolute Gasteiger partial charge is 0.466 e. The van der Waals surface area contributed by atoms with Crippen LogP contribution in [0.2, 0.25) is 0 Å². The Morgan fingerprint density at radius 3 is 2.86 bits per heavy atom. The van der Waals surface area contributed by atoms with Crippen molar-refractivity contribution in [3.8, 4) is 24.7 Å². The highest BCUT2D eigenvalue weighted by Crippen LogP contribution is 2.15. The van der Waals surface area contributed by atoms with Crippen molar-refractivity contribution in [1.82, 2.24) is 5.32 Å². The number of carbonyl (C=O) groups is 1. The number of allylic oxidation sites excluding steroid dienone is 3. The van der Waals surface area contributed by atoms with E-state index in [1.807, 2.05) is 0 Å². The molecule has 3 heteroatoms. The molecule has 0 aliphatic carbocycles. The van der Waals surface area contributed by atoms with Gasteiger partial charge in [0, 0.05) is 0 Å². The molecule has 0 bridgehead atoms. The minimum atomic E-state index is -1.27. The van der Waals surface area contributed by atoms with Crippen molar-refractivity contribution in [1.29, 1.82) is 0 Å². The number of hydrogen-bond acceptors (Lipinski definition) is 3. The first-order valence-electron chi connectivity index (χ1n) is 3.89. The van der Waals surface area contributed by atoms with Crippen LogP contribution in [0.3, 0.4) is 0 Å². The van der Waals surface area contributed by atoms with Crippen LogP contribution in [0.25, 0.3) is 0 Å². The fourth-order valence-electron chi connectivity index (χ4n) is 1.09. The van der Waals surface area contributed by atoms with Crippen molar-refractivity contribution in [3.63, 3.8) is 0 Å². The summed E-state index contributed by atoms with van der Waals surface area (Å²) in [7, 11) is 1.27. The highest BCUT2D eigenvalue weighted by Gasteiger charge is 2.36. The molecule has 0 aromatic heterocycles. The Balaban J connectivity index is 3.04. The van der Waals surface area contributed by atoms with Crippen molar-refractivity contribution < 1.29 is 9.53 Å². The fourth-order valence-corrected chi connectivity index (χ4v) is 1.09. The average molecular weight is 187 g/mol. The van der Waals surface area contributed by atoms with Crippen molar-refractivity contribution in [2.24, 2.45) is 0 Å². The summed E-state index contributed by atoms with van der Waals surface area (Å²) >= 11 is 0. The molecule has 70 valence electrons. The number of nitrogens with one attached hydrogen (secondary N) is 1. The molecule has 0 saturated carbocycles. The van der Waals surface area contributed by atoms with Crippen molar-refractivity contribution in [3.05, 3.63) is 23.9 Å². The maximum Gasteiger partial charge on any atom is 0.348 e. The van der Waals surface area contributed by atoms with Gasteiger partial charge in [-0.2, -0.15) is 0 Å². The minimum absolute atomic E-state index is 0.454. The van der Waals surface area contributed by atoms with E-state index in [1.165, 1.54) is 13.2 Å². The Bertz CT molecular complexity index is 392. The van der Waals surface area contributed by atoms with Crippen molar-refractivity contribution in [2.45, 2.75) is 5.54 Å². The molecule has 0 saturated heterocycles. The lowest BCUT2D eigenvalue weighted by molar-refractivity contribution is -0.144. The zero-order chi connectivity index (χ0) is 10.6. The molecule has 1 N–H and O–H groups in total. The van der Waals surface area contributed by atoms with E-state index >= 15 is 0 Å². The molecule has 0 amide bonds. The van der Waals surface area contributed by atoms with Crippen LogP contribution >= 0.6 is 0 Å². The van der Waals surface area contributed by atoms with Crippen LogP contribution in [0.15, 0.2) is 23.9 Å². The molecule has 0 aromatic rings. The van der Waals surface area contributed by atoms with Gasteiger partial charge >= 0.3 is 5.97 Å². The number of esters is 1. The molecule has 0 radical (unpaired) electrons. The van der Waals surface area contributed by atoms with E-state index in [4.69, 9.17) is 12.8 Å². The molecule has 3 nitrogen and oxygen atoms in total. The van der Waals surface area contributed by atoms with E-state index in [0.717, 1.165) is 0 Å². The molecular weight excluding hydrogens is 178 g/mol. The summed E-state index contributed by atoms with van der Waals surface area (Å²) in [5, 5.41) is 2.74. The molecule has 1 aliphatic heterocycles. The Kier molecular flexibility index (Phi) is 2.65. The fraction of sp³-hybridized carbons (Fsp3) is 0.182. The van der Waals surface area contributed by atoms with E-state index in [1.54, 1.807) is 12.2 Å². The monoisotopic (exact) mass is 187 g/mol. The summed E-state index contributed by atoms with van der Waals surface area (Å²) in [5.41, 5.74) is -0.818. The van der Waals surface area contributed by atoms with Gasteiger partial charge in [-0.15, -0.1) is 12.8 Å². The molecular formula is C11H9NO2. The van der Waals surface area contributed by atoms with E-state index in [-0.39, 0.29) is 0 Å². The average Bonchev–Trinajstić information content (AvgIpc) is 2.27. The number of ether oxygens (including phenoxy) is 1. The van der Waals surface area contributed by atoms with Gasteiger partial charge in [0.15, 0.2) is 0 Å². The lowest BCUT2D eigenvalue weighted by Gasteiger charge is -2.26. The second-order valence-electron chi connectivity index (χ2n) is 2.65. The van der Waals surface area contributed by atoms with Gasteiger partial charge in [0.25, 0.3) is 0 Å². The van der Waals surface area contributed by atoms with Gasteiger partial charge in [-0.1, -0.05) is 17.9 Å². The molecule has 1 atom stereocenters. The van der Waals surface area contributed by atoms with Crippen LogP contribution in [-0.2, 0) is 9.53 Å². The highest BCUT2D eigenvalue weighted by molar-refractivity contribution is 5.88. The van der Waals surface area contributed by atoms with Crippen LogP contribution < -0.4 is 5.32 Å². The van der Waals surface area contributed by atoms with Crippen LogP contribution in [0, 0.1) is 24.7 Å². The van der Waals surface area contributed by atoms with Gasteiger partial charge in [-0.05, 0) is 12.2 Å². The number of terminal acetylenes is 2. The number of methoxy groups -OCH3 is 1. The van der Waals surface area contributed by atoms with E-state index in [2.05, 4.69) is 21.9 Å². The molecule has 1 rings (SSSR count). The summed E-state index contributed by atoms with van der Waals surface area (Å²) in [4.78, 5) is 11.4. The summed E-state index contributed by atoms with van der Waals surface area (Å²) in [5.74, 6) is 4.13. The normalized spacial score (nSPS) is 23.8. The Hall–Kier alpha value is -2.13. The zero-order valence-corrected chi connectivity index (χ0v) is 7.70. The van der Waals surface area contributed by atoms with Crippen LogP contribution in [-0.4, -0.2) is 18.6 Å². The summed E-state index contributed by atoms with van der Waals surface area (Å²) in [6.45, 7) is 0. The quantitative estimate of drug-likeness (QED) is 0.471. The highest BCUT2D eigenvalue weighted by atomic mass is 16.5. The Labute approximate surface area is 82.8 Å². The summed E-state index contributed by atoms with van der Waals surface area (Å²) in [6, 6.07) is 0. The second-order valence-corrected chi connectivity index (χ2v) is 2.65. The molecule has 0 fully saturated rings. The molecule has 0 spiro atoms. The molecule has 1 aliphatic rings. The Morgan fingerprint density at radius 1 is 1.64 bits per heavy atom. The van der Waals surface area contributed by atoms with E-state index < -0.39 is 11.5 Å². The summed E-state index contributed by atoms with van der Waals surface area (Å²) in [6.07, 6.45) is 15.3. The van der Waals surface area contributed by atoms with E-state index in [9.17, 15) is 4.79 Å². The summed E-state index contributed by atoms with van der Waals surface area (Å²) < 4.78 is 4.59. The van der Waals surface area contributed by atoms with Gasteiger partial charge in [-0.25, -0.2) is 4.79 Å². The van der Waals surface area contributed by atoms with Crippen LogP contribution in [0.4, 0.5) is 0 Å². The predicted octanol–water partition coefficient (Wildman–Crippen LogP) is 0.208. The smallest absolute Gasteiger partial charge is 0.348 e. The van der Waals surface area contributed by atoms with E-state index in [0.29, 0.717) is 5.70 Å². The number of dihydropyridines is 1. The predicted molar refractivity (Wildman–Crippen MR) is 52.8 cm³/mol. The standard InChI is InChI=1S/C11H9NO2/c1-4-9-7-6-8-11(5-2,12-9)10(13)14-3/h1-2,6-8,12H,3H3. The molecule has 1 unspecified atom stereocenters. The second kappa shape index (κ2) is 3.72. The van der Waals surface area contributed by atoms with Gasteiger partial charge in [0.2, 0.25) is 5.54 Å². The van der Waals surface area contributed by atoms with Crippen LogP contribution in [0.1, 0.15) is 0 Å². The number of carbonyl (C=O) groups excluding carboxylic acids is 1. The third-order valence-corrected chi connectivity index (χ3v) is 1.83. The first-order chi connectivity index (χ1) is 6.68. The minimum Gasteiger partial charge on any atom is -0.466 e. The SMILES string of the molecule is C#CC1=CC=CC(C#C)(C(=O)OC)N1. The van der Waals surface area contributed by atoms with Gasteiger partial charge in [0.1, 0.15) is 0 Å². The third kappa shape index (κ3) is 1.48. The maximum atomic E-state index is 11.4. The lowest BCUT2D eigenvalue weighted by Crippen LogP contribution is -2.50. The molecule has 1 heterocycles. The van der Waals surface area contributed by atoms with Gasteiger partial charge < -0.3 is 10.1 Å². The van der Waals surface area contributed by atoms with Gasteiger partial charge in [-0.3, -0.25) is 0 Å². The lowest BCUT2D eigenvalue weighted by atomic mass is 9.97. The maximum absolute atomic E-state index is 11.4. The Morgan fingerprint density at radius 2 is 2.36 bits per heavy atom. The first-order valence-corrected chi connectivity index (χ1v) is 3.89. The zero-order valence-electron chi connectivity index (χ0n) is 7.70. The number of rotatable bonds is 1. The molecule has 0 aromatic carbocycles. The van der Waals surface area contributed by atoms with Gasteiger partial charge in [0.05, 0.1) is 12.8 Å². The van der Waals surface area contributed by atoms with Crippen molar-refractivity contribution >= 4 is 5.97 Å². The first kappa shape index (κ1) is 9.95. The van der Waals surface area contributed by atoms with Crippen molar-refractivity contribution in [2.75, 3.05) is 7.11 Å².